The molecule has 1 N–H and O–H groups in total. The zero-order valence-corrected chi connectivity index (χ0v) is 21.1. The van der Waals surface area contributed by atoms with Crippen molar-refractivity contribution in [3.63, 3.8) is 0 Å². The predicted molar refractivity (Wildman–Crippen MR) is 140 cm³/mol. The van der Waals surface area contributed by atoms with Crippen LogP contribution in [0.15, 0.2) is 84.9 Å². The van der Waals surface area contributed by atoms with Crippen molar-refractivity contribution in [3.05, 3.63) is 102 Å². The molecular weight excluding hydrogens is 436 g/mol. The molecule has 0 saturated heterocycles. The first-order valence-electron chi connectivity index (χ1n) is 12.3. The van der Waals surface area contributed by atoms with Gasteiger partial charge in [0.2, 0.25) is 11.8 Å². The summed E-state index contributed by atoms with van der Waals surface area (Å²) >= 11 is 0. The van der Waals surface area contributed by atoms with Gasteiger partial charge in [0.05, 0.1) is 7.11 Å². The van der Waals surface area contributed by atoms with Crippen LogP contribution in [-0.4, -0.2) is 35.9 Å². The fourth-order valence-electron chi connectivity index (χ4n) is 4.07. The van der Waals surface area contributed by atoms with Gasteiger partial charge in [0.1, 0.15) is 11.8 Å². The van der Waals surface area contributed by atoms with E-state index in [1.165, 1.54) is 0 Å². The number of benzene rings is 3. The molecule has 0 aliphatic rings. The zero-order chi connectivity index (χ0) is 25.2. The van der Waals surface area contributed by atoms with Crippen molar-refractivity contribution < 1.29 is 14.3 Å². The highest BCUT2D eigenvalue weighted by Crippen LogP contribution is 2.29. The second kappa shape index (κ2) is 12.7. The first-order chi connectivity index (χ1) is 16.9. The van der Waals surface area contributed by atoms with Crippen LogP contribution < -0.4 is 10.1 Å². The SMILES string of the molecule is CC[C@H](C)NC(=O)[C@@H](C)N(Cc1ccc(OC)cc1)C(=O)CC(c1ccccc1)c1ccccc1. The summed E-state index contributed by atoms with van der Waals surface area (Å²) in [6, 6.07) is 27.2. The van der Waals surface area contributed by atoms with Crippen molar-refractivity contribution in [1.29, 1.82) is 0 Å². The Bertz CT molecular complexity index is 1030. The number of amides is 2. The average molecular weight is 473 g/mol. The second-order valence-corrected chi connectivity index (χ2v) is 8.94. The first kappa shape index (κ1) is 26.0. The summed E-state index contributed by atoms with van der Waals surface area (Å²) in [4.78, 5) is 28.6. The van der Waals surface area contributed by atoms with Gasteiger partial charge in [-0.25, -0.2) is 0 Å². The molecule has 2 atom stereocenters. The quantitative estimate of drug-likeness (QED) is 0.398. The summed E-state index contributed by atoms with van der Waals surface area (Å²) < 4.78 is 5.27. The van der Waals surface area contributed by atoms with Crippen molar-refractivity contribution in [1.82, 2.24) is 10.2 Å². The van der Waals surface area contributed by atoms with Crippen LogP contribution in [0.3, 0.4) is 0 Å². The van der Waals surface area contributed by atoms with E-state index in [-0.39, 0.29) is 30.2 Å². The van der Waals surface area contributed by atoms with E-state index in [1.54, 1.807) is 18.9 Å². The Kier molecular flexibility index (Phi) is 9.47. The highest BCUT2D eigenvalue weighted by Gasteiger charge is 2.29. The maximum absolute atomic E-state index is 13.9. The van der Waals surface area contributed by atoms with E-state index in [2.05, 4.69) is 29.6 Å². The number of carbonyl (C=O) groups is 2. The van der Waals surface area contributed by atoms with E-state index in [0.29, 0.717) is 6.54 Å². The molecule has 35 heavy (non-hydrogen) atoms. The Morgan fingerprint density at radius 2 is 1.40 bits per heavy atom. The standard InChI is InChI=1S/C30H36N2O3/c1-5-22(2)31-30(34)23(3)32(21-24-16-18-27(35-4)19-17-24)29(33)20-28(25-12-8-6-9-13-25)26-14-10-7-11-15-26/h6-19,22-23,28H,5,20-21H2,1-4H3,(H,31,34)/t22-,23+/m0/s1. The molecule has 2 amide bonds. The van der Waals surface area contributed by atoms with E-state index in [0.717, 1.165) is 28.9 Å². The minimum Gasteiger partial charge on any atom is -0.497 e. The van der Waals surface area contributed by atoms with Crippen LogP contribution in [0.5, 0.6) is 5.75 Å². The van der Waals surface area contributed by atoms with E-state index in [9.17, 15) is 9.59 Å². The fourth-order valence-corrected chi connectivity index (χ4v) is 4.07. The molecule has 0 radical (unpaired) electrons. The number of nitrogens with one attached hydrogen (secondary N) is 1. The largest absolute Gasteiger partial charge is 0.497 e. The van der Waals surface area contributed by atoms with Gasteiger partial charge < -0.3 is 15.0 Å². The number of carbonyl (C=O) groups excluding carboxylic acids is 2. The van der Waals surface area contributed by atoms with Crippen LogP contribution in [0.25, 0.3) is 0 Å². The summed E-state index contributed by atoms with van der Waals surface area (Å²) in [5.41, 5.74) is 3.10. The summed E-state index contributed by atoms with van der Waals surface area (Å²) in [7, 11) is 1.62. The molecule has 0 bridgehead atoms. The van der Waals surface area contributed by atoms with Gasteiger partial charge in [0.15, 0.2) is 0 Å². The maximum Gasteiger partial charge on any atom is 0.242 e. The molecule has 0 unspecified atom stereocenters. The Labute approximate surface area is 209 Å². The smallest absolute Gasteiger partial charge is 0.242 e. The van der Waals surface area contributed by atoms with Crippen molar-refractivity contribution in [3.8, 4) is 5.75 Å². The molecule has 5 nitrogen and oxygen atoms in total. The number of ether oxygens (including phenoxy) is 1. The number of hydrogen-bond donors (Lipinski definition) is 1. The topological polar surface area (TPSA) is 58.6 Å². The minimum absolute atomic E-state index is 0.0456. The highest BCUT2D eigenvalue weighted by molar-refractivity contribution is 5.88. The summed E-state index contributed by atoms with van der Waals surface area (Å²) in [5, 5.41) is 3.03. The average Bonchev–Trinajstić information content (AvgIpc) is 2.91. The molecule has 3 rings (SSSR count). The molecule has 3 aromatic carbocycles. The molecule has 0 fully saturated rings. The van der Waals surface area contributed by atoms with Gasteiger partial charge in [-0.15, -0.1) is 0 Å². The Balaban J connectivity index is 1.90. The summed E-state index contributed by atoms with van der Waals surface area (Å²) in [5.74, 6) is 0.443. The van der Waals surface area contributed by atoms with Crippen molar-refractivity contribution in [2.75, 3.05) is 7.11 Å². The van der Waals surface area contributed by atoms with Gasteiger partial charge in [-0.3, -0.25) is 9.59 Å². The molecule has 0 aromatic heterocycles. The summed E-state index contributed by atoms with van der Waals surface area (Å²) in [6.45, 7) is 6.15. The lowest BCUT2D eigenvalue weighted by Gasteiger charge is -2.31. The third-order valence-corrected chi connectivity index (χ3v) is 6.46. The maximum atomic E-state index is 13.9. The monoisotopic (exact) mass is 472 g/mol. The Hall–Kier alpha value is -3.60. The lowest BCUT2D eigenvalue weighted by molar-refractivity contribution is -0.141. The van der Waals surface area contributed by atoms with E-state index in [4.69, 9.17) is 4.74 Å². The normalized spacial score (nSPS) is 12.6. The Morgan fingerprint density at radius 3 is 1.89 bits per heavy atom. The minimum atomic E-state index is -0.606. The van der Waals surface area contributed by atoms with Crippen LogP contribution in [-0.2, 0) is 16.1 Å². The fraction of sp³-hybridized carbons (Fsp3) is 0.333. The highest BCUT2D eigenvalue weighted by atomic mass is 16.5. The van der Waals surface area contributed by atoms with Gasteiger partial charge >= 0.3 is 0 Å². The first-order valence-corrected chi connectivity index (χ1v) is 12.3. The van der Waals surface area contributed by atoms with E-state index >= 15 is 0 Å². The van der Waals surface area contributed by atoms with E-state index in [1.807, 2.05) is 74.5 Å². The third kappa shape index (κ3) is 7.19. The molecule has 3 aromatic rings. The lowest BCUT2D eigenvalue weighted by atomic mass is 9.88. The number of methoxy groups -OCH3 is 1. The summed E-state index contributed by atoms with van der Waals surface area (Å²) in [6.07, 6.45) is 1.10. The van der Waals surface area contributed by atoms with Crippen molar-refractivity contribution in [2.24, 2.45) is 0 Å². The predicted octanol–water partition coefficient (Wildman–Crippen LogP) is 5.55. The molecule has 0 aliphatic carbocycles. The van der Waals surface area contributed by atoms with Gasteiger partial charge in [-0.05, 0) is 49.1 Å². The number of nitrogens with zero attached hydrogens (tertiary/aromatic N) is 1. The van der Waals surface area contributed by atoms with Crippen molar-refractivity contribution in [2.45, 2.75) is 58.2 Å². The van der Waals surface area contributed by atoms with Crippen LogP contribution >= 0.6 is 0 Å². The van der Waals surface area contributed by atoms with Gasteiger partial charge in [0.25, 0.3) is 0 Å². The molecule has 184 valence electrons. The second-order valence-electron chi connectivity index (χ2n) is 8.94. The molecular formula is C30H36N2O3. The zero-order valence-electron chi connectivity index (χ0n) is 21.1. The van der Waals surface area contributed by atoms with Gasteiger partial charge in [-0.2, -0.15) is 0 Å². The molecule has 0 saturated carbocycles. The molecule has 0 aliphatic heterocycles. The van der Waals surface area contributed by atoms with Gasteiger partial charge in [-0.1, -0.05) is 79.7 Å². The molecule has 0 spiro atoms. The van der Waals surface area contributed by atoms with Gasteiger partial charge in [0, 0.05) is 24.9 Å². The third-order valence-electron chi connectivity index (χ3n) is 6.46. The van der Waals surface area contributed by atoms with Crippen LogP contribution in [0.1, 0.15) is 56.2 Å². The van der Waals surface area contributed by atoms with Crippen LogP contribution in [0.4, 0.5) is 0 Å². The van der Waals surface area contributed by atoms with Crippen LogP contribution in [0.2, 0.25) is 0 Å². The van der Waals surface area contributed by atoms with Crippen LogP contribution in [0, 0.1) is 0 Å². The molecule has 0 heterocycles. The number of hydrogen-bond acceptors (Lipinski definition) is 3. The molecule has 5 heteroatoms. The van der Waals surface area contributed by atoms with Crippen molar-refractivity contribution >= 4 is 11.8 Å². The Morgan fingerprint density at radius 1 is 0.857 bits per heavy atom. The number of rotatable bonds is 11. The lowest BCUT2D eigenvalue weighted by Crippen LogP contribution is -2.49. The van der Waals surface area contributed by atoms with E-state index < -0.39 is 6.04 Å².